The Morgan fingerprint density at radius 2 is 1.93 bits per heavy atom. The molecule has 1 amide bonds. The van der Waals surface area contributed by atoms with Crippen LogP contribution in [0.25, 0.3) is 10.6 Å². The SMILES string of the molecule is CCc1ccc(-c2nc(CC(=O)Nc3cccc(C4SCCS4)c3)cs2)cc1. The molecule has 1 N–H and O–H groups in total. The molecule has 0 bridgehead atoms. The highest BCUT2D eigenvalue weighted by molar-refractivity contribution is 8.19. The molecule has 1 aromatic heterocycles. The zero-order chi connectivity index (χ0) is 19.3. The summed E-state index contributed by atoms with van der Waals surface area (Å²) in [5.41, 5.74) is 5.37. The van der Waals surface area contributed by atoms with Gasteiger partial charge in [-0.25, -0.2) is 4.98 Å². The molecule has 3 nitrogen and oxygen atoms in total. The number of amides is 1. The van der Waals surface area contributed by atoms with Crippen LogP contribution < -0.4 is 5.32 Å². The Morgan fingerprint density at radius 3 is 2.68 bits per heavy atom. The van der Waals surface area contributed by atoms with Gasteiger partial charge >= 0.3 is 0 Å². The minimum absolute atomic E-state index is 0.0259. The van der Waals surface area contributed by atoms with Crippen molar-refractivity contribution in [1.82, 2.24) is 4.98 Å². The van der Waals surface area contributed by atoms with Crippen molar-refractivity contribution in [1.29, 1.82) is 0 Å². The van der Waals surface area contributed by atoms with E-state index in [1.54, 1.807) is 11.3 Å². The van der Waals surface area contributed by atoms with Crippen molar-refractivity contribution >= 4 is 46.5 Å². The second-order valence-electron chi connectivity index (χ2n) is 6.62. The largest absolute Gasteiger partial charge is 0.326 e. The Morgan fingerprint density at radius 1 is 1.14 bits per heavy atom. The van der Waals surface area contributed by atoms with Crippen LogP contribution in [0.2, 0.25) is 0 Å². The van der Waals surface area contributed by atoms with Crippen molar-refractivity contribution in [3.05, 3.63) is 70.7 Å². The third-order valence-corrected chi connectivity index (χ3v) is 8.61. The smallest absolute Gasteiger partial charge is 0.230 e. The first-order valence-electron chi connectivity index (χ1n) is 9.38. The van der Waals surface area contributed by atoms with E-state index in [2.05, 4.69) is 53.6 Å². The summed E-state index contributed by atoms with van der Waals surface area (Å²) in [4.78, 5) is 17.1. The van der Waals surface area contributed by atoms with Crippen LogP contribution in [0, 0.1) is 0 Å². The average molecular weight is 427 g/mol. The number of thiazole rings is 1. The average Bonchev–Trinajstić information content (AvgIpc) is 3.40. The van der Waals surface area contributed by atoms with Crippen LogP contribution in [-0.4, -0.2) is 22.4 Å². The number of hydrogen-bond donors (Lipinski definition) is 1. The Kier molecular flexibility index (Phi) is 6.40. The second kappa shape index (κ2) is 9.16. The van der Waals surface area contributed by atoms with Crippen LogP contribution in [0.15, 0.2) is 53.9 Å². The number of thioether (sulfide) groups is 2. The number of aromatic nitrogens is 1. The number of hydrogen-bond acceptors (Lipinski definition) is 5. The van der Waals surface area contributed by atoms with E-state index in [-0.39, 0.29) is 5.91 Å². The van der Waals surface area contributed by atoms with E-state index in [4.69, 9.17) is 0 Å². The third kappa shape index (κ3) is 4.80. The van der Waals surface area contributed by atoms with Gasteiger partial charge in [-0.3, -0.25) is 4.79 Å². The monoisotopic (exact) mass is 426 g/mol. The minimum Gasteiger partial charge on any atom is -0.326 e. The van der Waals surface area contributed by atoms with Crippen LogP contribution in [0.1, 0.15) is 28.3 Å². The summed E-state index contributed by atoms with van der Waals surface area (Å²) in [6.07, 6.45) is 1.32. The van der Waals surface area contributed by atoms with Crippen molar-refractivity contribution in [3.8, 4) is 10.6 Å². The summed E-state index contributed by atoms with van der Waals surface area (Å²) >= 11 is 5.53. The fourth-order valence-corrected chi connectivity index (χ4v) is 6.75. The highest BCUT2D eigenvalue weighted by atomic mass is 32.2. The molecule has 144 valence electrons. The quantitative estimate of drug-likeness (QED) is 0.522. The van der Waals surface area contributed by atoms with Gasteiger partial charge in [0, 0.05) is 28.1 Å². The van der Waals surface area contributed by atoms with Gasteiger partial charge in [-0.05, 0) is 29.7 Å². The Labute approximate surface area is 178 Å². The molecule has 1 fully saturated rings. The highest BCUT2D eigenvalue weighted by Crippen LogP contribution is 2.45. The van der Waals surface area contributed by atoms with Gasteiger partial charge < -0.3 is 5.32 Å². The van der Waals surface area contributed by atoms with E-state index in [9.17, 15) is 4.79 Å². The summed E-state index contributed by atoms with van der Waals surface area (Å²) in [6.45, 7) is 2.15. The Bertz CT molecular complexity index is 946. The molecular formula is C22H22N2OS3. The predicted octanol–water partition coefficient (Wildman–Crippen LogP) is 6.03. The minimum atomic E-state index is -0.0259. The van der Waals surface area contributed by atoms with Gasteiger partial charge in [-0.2, -0.15) is 0 Å². The van der Waals surface area contributed by atoms with Gasteiger partial charge in [0.05, 0.1) is 16.7 Å². The molecule has 0 atom stereocenters. The second-order valence-corrected chi connectivity index (χ2v) is 10.2. The van der Waals surface area contributed by atoms with Gasteiger partial charge in [0.25, 0.3) is 0 Å². The standard InChI is InChI=1S/C22H22N2OS3/c1-2-15-6-8-16(9-7-15)21-24-19(14-28-21)13-20(25)23-18-5-3-4-17(12-18)22-26-10-11-27-22/h3-9,12,14,22H,2,10-11,13H2,1H3,(H,23,25). The molecule has 0 unspecified atom stereocenters. The molecule has 2 heterocycles. The normalized spacial score (nSPS) is 14.3. The lowest BCUT2D eigenvalue weighted by Crippen LogP contribution is -2.14. The van der Waals surface area contributed by atoms with Crippen molar-refractivity contribution in [2.75, 3.05) is 16.8 Å². The number of carbonyl (C=O) groups excluding carboxylic acids is 1. The number of benzene rings is 2. The first-order chi connectivity index (χ1) is 13.7. The molecule has 0 spiro atoms. The van der Waals surface area contributed by atoms with Crippen molar-refractivity contribution in [3.63, 3.8) is 0 Å². The number of aryl methyl sites for hydroxylation is 1. The van der Waals surface area contributed by atoms with Crippen LogP contribution in [0.5, 0.6) is 0 Å². The predicted molar refractivity (Wildman–Crippen MR) is 123 cm³/mol. The van der Waals surface area contributed by atoms with E-state index in [0.29, 0.717) is 11.0 Å². The van der Waals surface area contributed by atoms with Crippen LogP contribution in [0.4, 0.5) is 5.69 Å². The topological polar surface area (TPSA) is 42.0 Å². The molecule has 0 aliphatic carbocycles. The lowest BCUT2D eigenvalue weighted by Gasteiger charge is -2.11. The van der Waals surface area contributed by atoms with E-state index in [1.165, 1.54) is 22.6 Å². The molecular weight excluding hydrogens is 404 g/mol. The Hall–Kier alpha value is -1.76. The van der Waals surface area contributed by atoms with Crippen molar-refractivity contribution in [2.45, 2.75) is 24.3 Å². The molecule has 1 aliphatic heterocycles. The molecule has 0 radical (unpaired) electrons. The number of anilines is 1. The molecule has 1 saturated heterocycles. The van der Waals surface area contributed by atoms with Crippen LogP contribution >= 0.6 is 34.9 Å². The number of nitrogens with one attached hydrogen (secondary N) is 1. The first-order valence-corrected chi connectivity index (χ1v) is 12.4. The summed E-state index contributed by atoms with van der Waals surface area (Å²) < 4.78 is 0.483. The van der Waals surface area contributed by atoms with Gasteiger partial charge in [0.2, 0.25) is 5.91 Å². The zero-order valence-electron chi connectivity index (χ0n) is 15.7. The fraction of sp³-hybridized carbons (Fsp3) is 0.273. The molecule has 6 heteroatoms. The summed E-state index contributed by atoms with van der Waals surface area (Å²) in [5, 5.41) is 5.96. The van der Waals surface area contributed by atoms with Crippen LogP contribution in [-0.2, 0) is 17.6 Å². The van der Waals surface area contributed by atoms with Gasteiger partial charge in [-0.15, -0.1) is 34.9 Å². The summed E-state index contributed by atoms with van der Waals surface area (Å²) in [6, 6.07) is 16.7. The molecule has 2 aromatic carbocycles. The molecule has 0 saturated carbocycles. The van der Waals surface area contributed by atoms with E-state index in [0.717, 1.165) is 28.4 Å². The van der Waals surface area contributed by atoms with E-state index >= 15 is 0 Å². The van der Waals surface area contributed by atoms with E-state index < -0.39 is 0 Å². The molecule has 1 aliphatic rings. The van der Waals surface area contributed by atoms with Gasteiger partial charge in [0.15, 0.2) is 0 Å². The summed E-state index contributed by atoms with van der Waals surface area (Å²) in [7, 11) is 0. The zero-order valence-corrected chi connectivity index (χ0v) is 18.1. The lowest BCUT2D eigenvalue weighted by atomic mass is 10.1. The maximum absolute atomic E-state index is 12.5. The molecule has 4 rings (SSSR count). The van der Waals surface area contributed by atoms with Crippen LogP contribution in [0.3, 0.4) is 0 Å². The molecule has 28 heavy (non-hydrogen) atoms. The number of rotatable bonds is 6. The number of carbonyl (C=O) groups is 1. The maximum atomic E-state index is 12.5. The molecule has 3 aromatic rings. The van der Waals surface area contributed by atoms with Gasteiger partial charge in [0.1, 0.15) is 5.01 Å². The maximum Gasteiger partial charge on any atom is 0.230 e. The van der Waals surface area contributed by atoms with E-state index in [1.807, 2.05) is 41.0 Å². The van der Waals surface area contributed by atoms with Gasteiger partial charge in [-0.1, -0.05) is 43.3 Å². The first kappa shape index (κ1) is 19.6. The highest BCUT2D eigenvalue weighted by Gasteiger charge is 2.18. The fourth-order valence-electron chi connectivity index (χ4n) is 3.09. The summed E-state index contributed by atoms with van der Waals surface area (Å²) in [5.74, 6) is 2.36. The third-order valence-electron chi connectivity index (χ3n) is 4.57. The van der Waals surface area contributed by atoms with Crippen molar-refractivity contribution < 1.29 is 4.79 Å². The van der Waals surface area contributed by atoms with Crippen molar-refractivity contribution in [2.24, 2.45) is 0 Å². The number of nitrogens with zero attached hydrogens (tertiary/aromatic N) is 1. The Balaban J connectivity index is 1.39. The lowest BCUT2D eigenvalue weighted by molar-refractivity contribution is -0.115.